The summed E-state index contributed by atoms with van der Waals surface area (Å²) in [6.45, 7) is 1.07. The summed E-state index contributed by atoms with van der Waals surface area (Å²) in [6, 6.07) is 1.96. The third-order valence-corrected chi connectivity index (χ3v) is 4.14. The van der Waals surface area contributed by atoms with Crippen molar-refractivity contribution in [1.29, 1.82) is 0 Å². The van der Waals surface area contributed by atoms with Crippen LogP contribution >= 0.6 is 11.3 Å². The Balaban J connectivity index is 1.71. The molecule has 1 aliphatic rings. The lowest BCUT2D eigenvalue weighted by Gasteiger charge is -2.35. The SMILES string of the molecule is FC(F)(F)CN1CCN(c2ncnc3sccc23)CC1. The summed E-state index contributed by atoms with van der Waals surface area (Å²) >= 11 is 1.54. The van der Waals surface area contributed by atoms with Crippen LogP contribution in [0.2, 0.25) is 0 Å². The smallest absolute Gasteiger partial charge is 0.353 e. The van der Waals surface area contributed by atoms with Gasteiger partial charge in [-0.1, -0.05) is 0 Å². The van der Waals surface area contributed by atoms with Crippen LogP contribution in [0, 0.1) is 0 Å². The molecule has 0 aromatic carbocycles. The van der Waals surface area contributed by atoms with Gasteiger partial charge in [-0.2, -0.15) is 13.2 Å². The molecule has 20 heavy (non-hydrogen) atoms. The van der Waals surface area contributed by atoms with E-state index in [0.29, 0.717) is 26.2 Å². The first-order valence-electron chi connectivity index (χ1n) is 6.25. The molecule has 2 aromatic rings. The van der Waals surface area contributed by atoms with Crippen LogP contribution in [-0.4, -0.2) is 53.8 Å². The molecule has 1 saturated heterocycles. The number of fused-ring (bicyclic) bond motifs is 1. The molecule has 0 spiro atoms. The molecule has 3 heterocycles. The zero-order valence-corrected chi connectivity index (χ0v) is 11.4. The molecule has 4 nitrogen and oxygen atoms in total. The molecule has 0 amide bonds. The summed E-state index contributed by atoms with van der Waals surface area (Å²) < 4.78 is 37.1. The number of thiophene rings is 1. The molecule has 1 aliphatic heterocycles. The molecule has 3 rings (SSSR count). The van der Waals surface area contributed by atoms with Gasteiger partial charge in [-0.05, 0) is 11.4 Å². The van der Waals surface area contributed by atoms with Crippen molar-refractivity contribution in [3.63, 3.8) is 0 Å². The maximum atomic E-state index is 12.4. The fourth-order valence-electron chi connectivity index (χ4n) is 2.40. The Labute approximate surface area is 117 Å². The summed E-state index contributed by atoms with van der Waals surface area (Å²) in [5, 5.41) is 2.92. The molecular weight excluding hydrogens is 289 g/mol. The van der Waals surface area contributed by atoms with Crippen molar-refractivity contribution in [2.75, 3.05) is 37.6 Å². The Bertz CT molecular complexity index is 590. The Kier molecular flexibility index (Phi) is 3.51. The highest BCUT2D eigenvalue weighted by atomic mass is 32.1. The Morgan fingerprint density at radius 1 is 1.15 bits per heavy atom. The minimum absolute atomic E-state index is 0.398. The van der Waals surface area contributed by atoms with Gasteiger partial charge in [0.1, 0.15) is 17.0 Å². The number of hydrogen-bond donors (Lipinski definition) is 0. The van der Waals surface area contributed by atoms with Crippen LogP contribution in [0.3, 0.4) is 0 Å². The van der Waals surface area contributed by atoms with Gasteiger partial charge in [0.15, 0.2) is 0 Å². The average Bonchev–Trinajstić information content (AvgIpc) is 2.86. The van der Waals surface area contributed by atoms with E-state index in [0.717, 1.165) is 16.0 Å². The van der Waals surface area contributed by atoms with Crippen molar-refractivity contribution in [1.82, 2.24) is 14.9 Å². The van der Waals surface area contributed by atoms with E-state index < -0.39 is 12.7 Å². The van der Waals surface area contributed by atoms with Crippen molar-refractivity contribution in [2.24, 2.45) is 0 Å². The summed E-state index contributed by atoms with van der Waals surface area (Å²) in [7, 11) is 0. The third kappa shape index (κ3) is 2.85. The van der Waals surface area contributed by atoms with Crippen molar-refractivity contribution in [2.45, 2.75) is 6.18 Å². The van der Waals surface area contributed by atoms with E-state index >= 15 is 0 Å². The Hall–Kier alpha value is -1.41. The minimum atomic E-state index is -4.13. The normalized spacial score (nSPS) is 17.9. The van der Waals surface area contributed by atoms with E-state index in [4.69, 9.17) is 0 Å². The summed E-state index contributed by atoms with van der Waals surface area (Å²) in [6.07, 6.45) is -2.62. The molecule has 0 saturated carbocycles. The Morgan fingerprint density at radius 3 is 2.60 bits per heavy atom. The molecule has 0 bridgehead atoms. The van der Waals surface area contributed by atoms with Crippen LogP contribution in [0.4, 0.5) is 19.0 Å². The highest BCUT2D eigenvalue weighted by Crippen LogP contribution is 2.27. The first kappa shape index (κ1) is 13.6. The van der Waals surface area contributed by atoms with Gasteiger partial charge >= 0.3 is 6.18 Å². The van der Waals surface area contributed by atoms with Crippen LogP contribution < -0.4 is 4.90 Å². The number of alkyl halides is 3. The zero-order valence-electron chi connectivity index (χ0n) is 10.6. The molecule has 8 heteroatoms. The van der Waals surface area contributed by atoms with Crippen molar-refractivity contribution in [3.05, 3.63) is 17.8 Å². The zero-order chi connectivity index (χ0) is 14.2. The predicted molar refractivity (Wildman–Crippen MR) is 72.1 cm³/mol. The van der Waals surface area contributed by atoms with Crippen LogP contribution in [0.25, 0.3) is 10.2 Å². The van der Waals surface area contributed by atoms with E-state index in [2.05, 4.69) is 9.97 Å². The van der Waals surface area contributed by atoms with E-state index in [1.807, 2.05) is 16.3 Å². The largest absolute Gasteiger partial charge is 0.401 e. The lowest BCUT2D eigenvalue weighted by molar-refractivity contribution is -0.146. The number of piperazine rings is 1. The molecule has 0 unspecified atom stereocenters. The van der Waals surface area contributed by atoms with Crippen molar-refractivity contribution < 1.29 is 13.2 Å². The first-order valence-corrected chi connectivity index (χ1v) is 7.13. The standard InChI is InChI=1S/C12H13F3N4S/c13-12(14,15)7-18-2-4-19(5-3-18)10-9-1-6-20-11(9)17-8-16-10/h1,6,8H,2-5,7H2. The van der Waals surface area contributed by atoms with E-state index in [9.17, 15) is 13.2 Å². The fourth-order valence-corrected chi connectivity index (χ4v) is 3.13. The molecule has 0 aliphatic carbocycles. The van der Waals surface area contributed by atoms with Gasteiger partial charge in [-0.3, -0.25) is 4.90 Å². The summed E-state index contributed by atoms with van der Waals surface area (Å²) in [4.78, 5) is 12.8. The van der Waals surface area contributed by atoms with E-state index in [1.54, 1.807) is 0 Å². The second kappa shape index (κ2) is 5.17. The van der Waals surface area contributed by atoms with Gasteiger partial charge in [-0.15, -0.1) is 11.3 Å². The lowest BCUT2D eigenvalue weighted by Crippen LogP contribution is -2.49. The first-order chi connectivity index (χ1) is 9.53. The van der Waals surface area contributed by atoms with Gasteiger partial charge in [0.2, 0.25) is 0 Å². The molecule has 1 fully saturated rings. The monoisotopic (exact) mass is 302 g/mol. The topological polar surface area (TPSA) is 32.3 Å². The number of aromatic nitrogens is 2. The maximum Gasteiger partial charge on any atom is 0.401 e. The van der Waals surface area contributed by atoms with Crippen LogP contribution in [0.15, 0.2) is 17.8 Å². The summed E-state index contributed by atoms with van der Waals surface area (Å²) in [5.74, 6) is 0.822. The second-order valence-electron chi connectivity index (χ2n) is 4.72. The predicted octanol–water partition coefficient (Wildman–Crippen LogP) is 2.38. The number of nitrogens with zero attached hydrogens (tertiary/aromatic N) is 4. The molecule has 0 N–H and O–H groups in total. The van der Waals surface area contributed by atoms with Gasteiger partial charge in [0.05, 0.1) is 11.9 Å². The fraction of sp³-hybridized carbons (Fsp3) is 0.500. The third-order valence-electron chi connectivity index (χ3n) is 3.32. The second-order valence-corrected chi connectivity index (χ2v) is 5.61. The molecule has 0 radical (unpaired) electrons. The minimum Gasteiger partial charge on any atom is -0.353 e. The van der Waals surface area contributed by atoms with Gasteiger partial charge in [0, 0.05) is 26.2 Å². The molecule has 108 valence electrons. The highest BCUT2D eigenvalue weighted by molar-refractivity contribution is 7.16. The van der Waals surface area contributed by atoms with Crippen molar-refractivity contribution >= 4 is 27.4 Å². The number of rotatable bonds is 2. The van der Waals surface area contributed by atoms with Crippen LogP contribution in [0.1, 0.15) is 0 Å². The van der Waals surface area contributed by atoms with Crippen molar-refractivity contribution in [3.8, 4) is 0 Å². The number of anilines is 1. The number of hydrogen-bond acceptors (Lipinski definition) is 5. The summed E-state index contributed by atoms with van der Waals surface area (Å²) in [5.41, 5.74) is 0. The lowest BCUT2D eigenvalue weighted by atomic mass is 10.2. The maximum absolute atomic E-state index is 12.4. The quantitative estimate of drug-likeness (QED) is 0.852. The average molecular weight is 302 g/mol. The molecular formula is C12H13F3N4S. The van der Waals surface area contributed by atoms with Gasteiger partial charge in [-0.25, -0.2) is 9.97 Å². The van der Waals surface area contributed by atoms with Crippen LogP contribution in [0.5, 0.6) is 0 Å². The molecule has 0 atom stereocenters. The Morgan fingerprint density at radius 2 is 1.90 bits per heavy atom. The van der Waals surface area contributed by atoms with Gasteiger partial charge in [0.25, 0.3) is 0 Å². The van der Waals surface area contributed by atoms with Gasteiger partial charge < -0.3 is 4.90 Å². The number of halogens is 3. The van der Waals surface area contributed by atoms with E-state index in [1.165, 1.54) is 22.6 Å². The highest BCUT2D eigenvalue weighted by Gasteiger charge is 2.32. The van der Waals surface area contributed by atoms with E-state index in [-0.39, 0.29) is 0 Å². The molecule has 2 aromatic heterocycles. The van der Waals surface area contributed by atoms with Crippen LogP contribution in [-0.2, 0) is 0 Å².